The van der Waals surface area contributed by atoms with Crippen molar-refractivity contribution in [2.75, 3.05) is 20.1 Å². The molecular formula is C14H20N2O. The summed E-state index contributed by atoms with van der Waals surface area (Å²) in [7, 11) is 1.96. The highest BCUT2D eigenvalue weighted by Gasteiger charge is 2.23. The molecule has 1 aliphatic rings. The molecule has 3 heteroatoms. The van der Waals surface area contributed by atoms with Crippen LogP contribution in [0.15, 0.2) is 24.3 Å². The Balaban J connectivity index is 2.09. The molecule has 1 aromatic rings. The van der Waals surface area contributed by atoms with Crippen LogP contribution < -0.4 is 5.32 Å². The lowest BCUT2D eigenvalue weighted by Gasteiger charge is -2.32. The third-order valence-electron chi connectivity index (χ3n) is 3.38. The zero-order chi connectivity index (χ0) is 12.3. The van der Waals surface area contributed by atoms with Crippen LogP contribution in [0, 0.1) is 6.92 Å². The molecule has 0 aliphatic carbocycles. The molecule has 17 heavy (non-hydrogen) atoms. The molecule has 3 nitrogen and oxygen atoms in total. The minimum atomic E-state index is 0.161. The van der Waals surface area contributed by atoms with Crippen molar-refractivity contribution in [3.63, 3.8) is 0 Å². The molecule has 0 radical (unpaired) electrons. The second-order valence-electron chi connectivity index (χ2n) is 4.75. The standard InChI is InChI=1S/C14H20N2O/c1-11-5-3-6-12(9-11)14(17)16-8-4-7-13(10-16)15-2/h3,5-6,9,13,15H,4,7-8,10H2,1-2H3/t13-/m1/s1. The monoisotopic (exact) mass is 232 g/mol. The van der Waals surface area contributed by atoms with Gasteiger partial charge in [0.2, 0.25) is 0 Å². The molecule has 1 fully saturated rings. The highest BCUT2D eigenvalue weighted by atomic mass is 16.2. The number of carbonyl (C=O) groups excluding carboxylic acids is 1. The summed E-state index contributed by atoms with van der Waals surface area (Å²) in [6.07, 6.45) is 2.25. The van der Waals surface area contributed by atoms with Crippen LogP contribution in [-0.2, 0) is 0 Å². The average Bonchev–Trinajstić information content (AvgIpc) is 2.38. The average molecular weight is 232 g/mol. The molecule has 0 saturated carbocycles. The van der Waals surface area contributed by atoms with E-state index in [9.17, 15) is 4.79 Å². The minimum absolute atomic E-state index is 0.161. The normalized spacial score (nSPS) is 20.4. The fraction of sp³-hybridized carbons (Fsp3) is 0.500. The summed E-state index contributed by atoms with van der Waals surface area (Å²) in [5.41, 5.74) is 1.94. The minimum Gasteiger partial charge on any atom is -0.337 e. The van der Waals surface area contributed by atoms with E-state index >= 15 is 0 Å². The van der Waals surface area contributed by atoms with Crippen LogP contribution in [0.1, 0.15) is 28.8 Å². The molecule has 0 spiro atoms. The van der Waals surface area contributed by atoms with Crippen molar-refractivity contribution in [3.8, 4) is 0 Å². The predicted molar refractivity (Wildman–Crippen MR) is 69.2 cm³/mol. The second-order valence-corrected chi connectivity index (χ2v) is 4.75. The highest BCUT2D eigenvalue weighted by Crippen LogP contribution is 2.14. The molecule has 1 aliphatic heterocycles. The first-order valence-corrected chi connectivity index (χ1v) is 6.24. The Morgan fingerprint density at radius 2 is 2.29 bits per heavy atom. The van der Waals surface area contributed by atoms with E-state index in [0.29, 0.717) is 6.04 Å². The summed E-state index contributed by atoms with van der Waals surface area (Å²) >= 11 is 0. The number of nitrogens with one attached hydrogen (secondary N) is 1. The largest absolute Gasteiger partial charge is 0.337 e. The van der Waals surface area contributed by atoms with E-state index < -0.39 is 0 Å². The lowest BCUT2D eigenvalue weighted by atomic mass is 10.0. The van der Waals surface area contributed by atoms with Crippen molar-refractivity contribution < 1.29 is 4.79 Å². The maximum Gasteiger partial charge on any atom is 0.253 e. The van der Waals surface area contributed by atoms with Gasteiger partial charge in [-0.25, -0.2) is 0 Å². The SMILES string of the molecule is CN[C@@H]1CCCN(C(=O)c2cccc(C)c2)C1. The molecule has 1 heterocycles. The number of amides is 1. The number of aryl methyl sites for hydroxylation is 1. The maximum atomic E-state index is 12.3. The van der Waals surface area contributed by atoms with Crippen molar-refractivity contribution in [1.29, 1.82) is 0 Å². The van der Waals surface area contributed by atoms with Gasteiger partial charge in [-0.1, -0.05) is 17.7 Å². The Morgan fingerprint density at radius 3 is 3.00 bits per heavy atom. The van der Waals surface area contributed by atoms with E-state index in [4.69, 9.17) is 0 Å². The van der Waals surface area contributed by atoms with Crippen LogP contribution in [0.25, 0.3) is 0 Å². The number of benzene rings is 1. The van der Waals surface area contributed by atoms with E-state index in [-0.39, 0.29) is 5.91 Å². The predicted octanol–water partition coefficient (Wildman–Crippen LogP) is 1.82. The van der Waals surface area contributed by atoms with Gasteiger partial charge in [0, 0.05) is 24.7 Å². The Hall–Kier alpha value is -1.35. The van der Waals surface area contributed by atoms with Crippen LogP contribution in [0.2, 0.25) is 0 Å². The van der Waals surface area contributed by atoms with Crippen LogP contribution in [-0.4, -0.2) is 37.0 Å². The lowest BCUT2D eigenvalue weighted by Crippen LogP contribution is -2.46. The summed E-state index contributed by atoms with van der Waals surface area (Å²) < 4.78 is 0. The molecule has 1 N–H and O–H groups in total. The van der Waals surface area contributed by atoms with Gasteiger partial charge in [0.1, 0.15) is 0 Å². The van der Waals surface area contributed by atoms with Gasteiger partial charge in [0.15, 0.2) is 0 Å². The third kappa shape index (κ3) is 2.86. The number of hydrogen-bond donors (Lipinski definition) is 1. The molecule has 1 saturated heterocycles. The van der Waals surface area contributed by atoms with Gasteiger partial charge < -0.3 is 10.2 Å². The van der Waals surface area contributed by atoms with Gasteiger partial charge in [-0.15, -0.1) is 0 Å². The highest BCUT2D eigenvalue weighted by molar-refractivity contribution is 5.94. The van der Waals surface area contributed by atoms with Gasteiger partial charge in [-0.05, 0) is 38.9 Å². The zero-order valence-electron chi connectivity index (χ0n) is 10.6. The van der Waals surface area contributed by atoms with Crippen LogP contribution in [0.3, 0.4) is 0 Å². The fourth-order valence-corrected chi connectivity index (χ4v) is 2.36. The molecular weight excluding hydrogens is 212 g/mol. The van der Waals surface area contributed by atoms with Crippen molar-refractivity contribution in [2.45, 2.75) is 25.8 Å². The first-order valence-electron chi connectivity index (χ1n) is 6.24. The third-order valence-corrected chi connectivity index (χ3v) is 3.38. The number of rotatable bonds is 2. The second kappa shape index (κ2) is 5.32. The number of nitrogens with zero attached hydrogens (tertiary/aromatic N) is 1. The Bertz CT molecular complexity index is 403. The molecule has 1 amide bonds. The Kier molecular flexibility index (Phi) is 3.79. The molecule has 0 bridgehead atoms. The first-order chi connectivity index (χ1) is 8.20. The van der Waals surface area contributed by atoms with Crippen molar-refractivity contribution in [1.82, 2.24) is 10.2 Å². The first kappa shape index (κ1) is 12.1. The Morgan fingerprint density at radius 1 is 1.47 bits per heavy atom. The van der Waals surface area contributed by atoms with Gasteiger partial charge in [-0.3, -0.25) is 4.79 Å². The number of piperidine rings is 1. The fourth-order valence-electron chi connectivity index (χ4n) is 2.36. The van der Waals surface area contributed by atoms with E-state index in [1.54, 1.807) is 0 Å². The van der Waals surface area contributed by atoms with E-state index in [2.05, 4.69) is 5.32 Å². The zero-order valence-corrected chi connectivity index (χ0v) is 10.6. The number of likely N-dealkylation sites (tertiary alicyclic amines) is 1. The molecule has 2 rings (SSSR count). The van der Waals surface area contributed by atoms with Crippen molar-refractivity contribution >= 4 is 5.91 Å². The number of likely N-dealkylation sites (N-methyl/N-ethyl adjacent to an activating group) is 1. The van der Waals surface area contributed by atoms with Gasteiger partial charge in [0.25, 0.3) is 5.91 Å². The smallest absolute Gasteiger partial charge is 0.253 e. The van der Waals surface area contributed by atoms with Crippen LogP contribution >= 0.6 is 0 Å². The summed E-state index contributed by atoms with van der Waals surface area (Å²) in [5.74, 6) is 0.161. The van der Waals surface area contributed by atoms with Crippen molar-refractivity contribution in [2.24, 2.45) is 0 Å². The molecule has 1 atom stereocenters. The van der Waals surface area contributed by atoms with E-state index in [1.807, 2.05) is 43.1 Å². The number of hydrogen-bond acceptors (Lipinski definition) is 2. The summed E-state index contributed by atoms with van der Waals surface area (Å²) in [4.78, 5) is 14.3. The maximum absolute atomic E-state index is 12.3. The van der Waals surface area contributed by atoms with Crippen molar-refractivity contribution in [3.05, 3.63) is 35.4 Å². The molecule has 0 unspecified atom stereocenters. The quantitative estimate of drug-likeness (QED) is 0.843. The Labute approximate surface area is 103 Å². The molecule has 92 valence electrons. The van der Waals surface area contributed by atoms with E-state index in [0.717, 1.165) is 37.1 Å². The summed E-state index contributed by atoms with van der Waals surface area (Å²) in [6.45, 7) is 3.72. The van der Waals surface area contributed by atoms with Gasteiger partial charge in [0.05, 0.1) is 0 Å². The molecule has 0 aromatic heterocycles. The van der Waals surface area contributed by atoms with E-state index in [1.165, 1.54) is 0 Å². The van der Waals surface area contributed by atoms with Crippen LogP contribution in [0.5, 0.6) is 0 Å². The molecule has 1 aromatic carbocycles. The topological polar surface area (TPSA) is 32.3 Å². The number of carbonyl (C=O) groups is 1. The van der Waals surface area contributed by atoms with Crippen LogP contribution in [0.4, 0.5) is 0 Å². The summed E-state index contributed by atoms with van der Waals surface area (Å²) in [6, 6.07) is 8.27. The summed E-state index contributed by atoms with van der Waals surface area (Å²) in [5, 5.41) is 3.26. The van der Waals surface area contributed by atoms with Gasteiger partial charge >= 0.3 is 0 Å². The van der Waals surface area contributed by atoms with Gasteiger partial charge in [-0.2, -0.15) is 0 Å². The lowest BCUT2D eigenvalue weighted by molar-refractivity contribution is 0.0698.